The van der Waals surface area contributed by atoms with Gasteiger partial charge in [-0.2, -0.15) is 0 Å². The predicted octanol–water partition coefficient (Wildman–Crippen LogP) is 2.95. The Labute approximate surface area is 109 Å². The fraction of sp³-hybridized carbons (Fsp3) is 0.533. The van der Waals surface area contributed by atoms with Gasteiger partial charge in [-0.15, -0.1) is 0 Å². The topological polar surface area (TPSA) is 55.1 Å². The minimum absolute atomic E-state index is 0.450. The fourth-order valence-electron chi connectivity index (χ4n) is 2.72. The molecule has 0 saturated heterocycles. The van der Waals surface area contributed by atoms with Gasteiger partial charge in [0.15, 0.2) is 0 Å². The summed E-state index contributed by atoms with van der Waals surface area (Å²) < 4.78 is 0. The lowest BCUT2D eigenvalue weighted by Gasteiger charge is -2.22. The highest BCUT2D eigenvalue weighted by Crippen LogP contribution is 2.32. The number of carbonyl (C=O) groups is 1. The number of benzene rings is 1. The van der Waals surface area contributed by atoms with E-state index in [1.165, 1.54) is 43.2 Å². The third-order valence-electron chi connectivity index (χ3n) is 3.77. The molecule has 0 aromatic heterocycles. The molecule has 0 aliphatic heterocycles. The van der Waals surface area contributed by atoms with E-state index in [4.69, 9.17) is 5.73 Å². The lowest BCUT2D eigenvalue weighted by Crippen LogP contribution is -2.30. The Kier molecular flexibility index (Phi) is 4.62. The van der Waals surface area contributed by atoms with Crippen molar-refractivity contribution in [1.29, 1.82) is 0 Å². The second-order valence-corrected chi connectivity index (χ2v) is 5.12. The highest BCUT2D eigenvalue weighted by atomic mass is 16.2. The van der Waals surface area contributed by atoms with E-state index in [-0.39, 0.29) is 0 Å². The first-order valence-corrected chi connectivity index (χ1v) is 6.88. The smallest absolute Gasteiger partial charge is 0.312 e. The van der Waals surface area contributed by atoms with Gasteiger partial charge in [-0.25, -0.2) is 4.79 Å². The molecule has 0 heterocycles. The van der Waals surface area contributed by atoms with Crippen LogP contribution in [0.2, 0.25) is 0 Å². The van der Waals surface area contributed by atoms with Crippen LogP contribution in [0.5, 0.6) is 0 Å². The van der Waals surface area contributed by atoms with E-state index < -0.39 is 6.03 Å². The zero-order chi connectivity index (χ0) is 12.8. The number of hydrogen-bond acceptors (Lipinski definition) is 1. The number of carbonyl (C=O) groups excluding carboxylic acids is 1. The van der Waals surface area contributed by atoms with Crippen molar-refractivity contribution in [3.8, 4) is 0 Å². The zero-order valence-electron chi connectivity index (χ0n) is 10.8. The third kappa shape index (κ3) is 3.76. The molecule has 0 radical (unpaired) electrons. The van der Waals surface area contributed by atoms with E-state index in [0.29, 0.717) is 6.54 Å². The lowest BCUT2D eigenvalue weighted by molar-refractivity contribution is 0.249. The SMILES string of the molecule is NC(=O)NCCc1ccc(C2CCCCC2)cc1. The number of primary amides is 1. The van der Waals surface area contributed by atoms with Gasteiger partial charge in [0.05, 0.1) is 0 Å². The first-order chi connectivity index (χ1) is 8.75. The van der Waals surface area contributed by atoms with Crippen molar-refractivity contribution < 1.29 is 4.79 Å². The number of nitrogens with two attached hydrogens (primary N) is 1. The summed E-state index contributed by atoms with van der Waals surface area (Å²) in [4.78, 5) is 10.6. The predicted molar refractivity (Wildman–Crippen MR) is 73.6 cm³/mol. The Hall–Kier alpha value is -1.51. The van der Waals surface area contributed by atoms with Crippen LogP contribution in [-0.2, 0) is 6.42 Å². The van der Waals surface area contributed by atoms with E-state index in [1.54, 1.807) is 0 Å². The molecule has 0 unspecified atom stereocenters. The van der Waals surface area contributed by atoms with Gasteiger partial charge in [0.2, 0.25) is 0 Å². The molecule has 1 saturated carbocycles. The van der Waals surface area contributed by atoms with Crippen molar-refractivity contribution in [2.45, 2.75) is 44.4 Å². The van der Waals surface area contributed by atoms with Crippen molar-refractivity contribution in [3.63, 3.8) is 0 Å². The number of amides is 2. The number of rotatable bonds is 4. The van der Waals surface area contributed by atoms with Gasteiger partial charge in [-0.3, -0.25) is 0 Å². The number of nitrogens with one attached hydrogen (secondary N) is 1. The number of urea groups is 1. The zero-order valence-corrected chi connectivity index (χ0v) is 10.8. The van der Waals surface area contributed by atoms with Crippen molar-refractivity contribution in [2.24, 2.45) is 5.73 Å². The molecule has 3 N–H and O–H groups in total. The monoisotopic (exact) mass is 246 g/mol. The van der Waals surface area contributed by atoms with Crippen molar-refractivity contribution in [1.82, 2.24) is 5.32 Å². The molecule has 18 heavy (non-hydrogen) atoms. The molecule has 1 aliphatic rings. The highest BCUT2D eigenvalue weighted by Gasteiger charge is 2.14. The summed E-state index contributed by atoms with van der Waals surface area (Å²) in [5, 5.41) is 2.61. The average molecular weight is 246 g/mol. The molecule has 2 rings (SSSR count). The summed E-state index contributed by atoms with van der Waals surface area (Å²) in [5.41, 5.74) is 7.75. The largest absolute Gasteiger partial charge is 0.352 e. The van der Waals surface area contributed by atoms with Crippen LogP contribution < -0.4 is 11.1 Å². The molecule has 2 amide bonds. The van der Waals surface area contributed by atoms with Crippen LogP contribution in [0.3, 0.4) is 0 Å². The standard InChI is InChI=1S/C15H22N2O/c16-15(18)17-11-10-12-6-8-14(9-7-12)13-4-2-1-3-5-13/h6-9,13H,1-5,10-11H2,(H3,16,17,18). The van der Waals surface area contributed by atoms with Crippen LogP contribution in [0.25, 0.3) is 0 Å². The first kappa shape index (κ1) is 12.9. The average Bonchev–Trinajstić information content (AvgIpc) is 2.40. The Morgan fingerprint density at radius 3 is 2.44 bits per heavy atom. The maximum Gasteiger partial charge on any atom is 0.312 e. The molecular weight excluding hydrogens is 224 g/mol. The maximum atomic E-state index is 10.6. The normalized spacial score (nSPS) is 16.4. The molecule has 98 valence electrons. The molecule has 0 spiro atoms. The molecule has 0 bridgehead atoms. The van der Waals surface area contributed by atoms with Crippen LogP contribution in [0.1, 0.15) is 49.1 Å². The Balaban J connectivity index is 1.86. The van der Waals surface area contributed by atoms with Gasteiger partial charge < -0.3 is 11.1 Å². The van der Waals surface area contributed by atoms with Crippen LogP contribution in [0, 0.1) is 0 Å². The van der Waals surface area contributed by atoms with E-state index in [1.807, 2.05) is 0 Å². The van der Waals surface area contributed by atoms with Gasteiger partial charge in [0, 0.05) is 6.54 Å². The summed E-state index contributed by atoms with van der Waals surface area (Å²) in [5.74, 6) is 0.761. The highest BCUT2D eigenvalue weighted by molar-refractivity contribution is 5.71. The first-order valence-electron chi connectivity index (χ1n) is 6.88. The third-order valence-corrected chi connectivity index (χ3v) is 3.77. The molecule has 0 atom stereocenters. The lowest BCUT2D eigenvalue weighted by atomic mass is 9.84. The number of hydrogen-bond donors (Lipinski definition) is 2. The second kappa shape index (κ2) is 6.43. The molecule has 3 heteroatoms. The van der Waals surface area contributed by atoms with Crippen molar-refractivity contribution in [3.05, 3.63) is 35.4 Å². The molecule has 1 aromatic carbocycles. The quantitative estimate of drug-likeness (QED) is 0.843. The van der Waals surface area contributed by atoms with Gasteiger partial charge in [0.1, 0.15) is 0 Å². The van der Waals surface area contributed by atoms with Gasteiger partial charge in [0.25, 0.3) is 0 Å². The summed E-state index contributed by atoms with van der Waals surface area (Å²) in [7, 11) is 0. The second-order valence-electron chi connectivity index (χ2n) is 5.12. The molecule has 1 fully saturated rings. The van der Waals surface area contributed by atoms with E-state index in [2.05, 4.69) is 29.6 Å². The Bertz CT molecular complexity index is 380. The Morgan fingerprint density at radius 1 is 1.17 bits per heavy atom. The molecule has 1 aromatic rings. The molecule has 1 aliphatic carbocycles. The summed E-state index contributed by atoms with van der Waals surface area (Å²) >= 11 is 0. The van der Waals surface area contributed by atoms with E-state index in [0.717, 1.165) is 12.3 Å². The van der Waals surface area contributed by atoms with Crippen molar-refractivity contribution >= 4 is 6.03 Å². The summed E-state index contributed by atoms with van der Waals surface area (Å²) in [6.07, 6.45) is 7.65. The maximum absolute atomic E-state index is 10.6. The Morgan fingerprint density at radius 2 is 1.83 bits per heavy atom. The van der Waals surface area contributed by atoms with Crippen molar-refractivity contribution in [2.75, 3.05) is 6.54 Å². The van der Waals surface area contributed by atoms with E-state index >= 15 is 0 Å². The van der Waals surface area contributed by atoms with E-state index in [9.17, 15) is 4.79 Å². The summed E-state index contributed by atoms with van der Waals surface area (Å²) in [6.45, 7) is 0.609. The van der Waals surface area contributed by atoms with Gasteiger partial charge in [-0.1, -0.05) is 43.5 Å². The van der Waals surface area contributed by atoms with Gasteiger partial charge >= 0.3 is 6.03 Å². The van der Waals surface area contributed by atoms with Gasteiger partial charge in [-0.05, 0) is 36.3 Å². The molecular formula is C15H22N2O. The van der Waals surface area contributed by atoms with Crippen LogP contribution in [-0.4, -0.2) is 12.6 Å². The van der Waals surface area contributed by atoms with Crippen LogP contribution in [0.4, 0.5) is 4.79 Å². The van der Waals surface area contributed by atoms with Crippen LogP contribution in [0.15, 0.2) is 24.3 Å². The molecule has 3 nitrogen and oxygen atoms in total. The summed E-state index contributed by atoms with van der Waals surface area (Å²) in [6, 6.07) is 8.39. The minimum atomic E-state index is -0.450. The van der Waals surface area contributed by atoms with Crippen LogP contribution >= 0.6 is 0 Å². The fourth-order valence-corrected chi connectivity index (χ4v) is 2.72. The minimum Gasteiger partial charge on any atom is -0.352 e.